The van der Waals surface area contributed by atoms with E-state index in [1.54, 1.807) is 0 Å². The summed E-state index contributed by atoms with van der Waals surface area (Å²) >= 11 is 8.09. The molecular formula is C13H12BrF4NOS. The largest absolute Gasteiger partial charge is 0.417 e. The van der Waals surface area contributed by atoms with Gasteiger partial charge in [0.15, 0.2) is 6.10 Å². The molecule has 1 aromatic carbocycles. The highest BCUT2D eigenvalue weighted by Gasteiger charge is 2.58. The number of rotatable bonds is 2. The van der Waals surface area contributed by atoms with E-state index < -0.39 is 23.6 Å². The van der Waals surface area contributed by atoms with Gasteiger partial charge in [0, 0.05) is 10.0 Å². The number of hydrogen-bond acceptors (Lipinski definition) is 2. The van der Waals surface area contributed by atoms with Gasteiger partial charge in [-0.2, -0.15) is 13.2 Å². The number of thiocarbonyl (C=S) groups is 1. The Morgan fingerprint density at radius 2 is 2.14 bits per heavy atom. The van der Waals surface area contributed by atoms with E-state index in [0.717, 1.165) is 6.07 Å². The standard InChI is InChI=1S/C13H12BrF4NOS/c1-2-12(8-5-7(14)3-4-9(8)15)11(13(16,17)18)20-6-10(21)19-12/h3-5,11H,2,6H2,1H3,(H,19,21). The van der Waals surface area contributed by atoms with Crippen molar-refractivity contribution in [1.82, 2.24) is 5.32 Å². The molecule has 0 amide bonds. The van der Waals surface area contributed by atoms with Crippen molar-refractivity contribution in [3.05, 3.63) is 34.1 Å². The zero-order valence-electron chi connectivity index (χ0n) is 10.9. The number of ether oxygens (including phenoxy) is 1. The van der Waals surface area contributed by atoms with Gasteiger partial charge in [0.25, 0.3) is 0 Å². The van der Waals surface area contributed by atoms with Crippen LogP contribution in [0, 0.1) is 5.82 Å². The van der Waals surface area contributed by atoms with Gasteiger partial charge in [0.1, 0.15) is 16.3 Å². The molecule has 1 N–H and O–H groups in total. The summed E-state index contributed by atoms with van der Waals surface area (Å²) < 4.78 is 59.5. The topological polar surface area (TPSA) is 21.3 Å². The van der Waals surface area contributed by atoms with Crippen LogP contribution in [-0.2, 0) is 10.3 Å². The van der Waals surface area contributed by atoms with E-state index in [9.17, 15) is 17.6 Å². The number of benzene rings is 1. The number of morpholine rings is 1. The van der Waals surface area contributed by atoms with Crippen LogP contribution in [-0.4, -0.2) is 23.9 Å². The normalized spacial score (nSPS) is 26.6. The predicted molar refractivity (Wildman–Crippen MR) is 77.6 cm³/mol. The number of alkyl halides is 3. The van der Waals surface area contributed by atoms with Gasteiger partial charge in [-0.3, -0.25) is 0 Å². The minimum Gasteiger partial charge on any atom is -0.365 e. The number of hydrogen-bond donors (Lipinski definition) is 1. The maximum absolute atomic E-state index is 14.1. The Labute approximate surface area is 133 Å². The number of nitrogens with one attached hydrogen (secondary N) is 1. The molecule has 0 radical (unpaired) electrons. The molecule has 0 spiro atoms. The lowest BCUT2D eigenvalue weighted by molar-refractivity contribution is -0.246. The van der Waals surface area contributed by atoms with Crippen molar-refractivity contribution in [3.8, 4) is 0 Å². The molecular weight excluding hydrogens is 374 g/mol. The first-order valence-corrected chi connectivity index (χ1v) is 7.35. The minimum absolute atomic E-state index is 0.0370. The summed E-state index contributed by atoms with van der Waals surface area (Å²) in [7, 11) is 0. The van der Waals surface area contributed by atoms with Crippen LogP contribution in [0.3, 0.4) is 0 Å². The zero-order valence-corrected chi connectivity index (χ0v) is 13.3. The van der Waals surface area contributed by atoms with E-state index in [1.807, 2.05) is 0 Å². The van der Waals surface area contributed by atoms with Crippen molar-refractivity contribution in [2.45, 2.75) is 31.2 Å². The van der Waals surface area contributed by atoms with E-state index in [0.29, 0.717) is 4.47 Å². The molecule has 1 heterocycles. The second-order valence-electron chi connectivity index (χ2n) is 4.73. The van der Waals surface area contributed by atoms with Crippen molar-refractivity contribution in [2.24, 2.45) is 0 Å². The Bertz CT molecular complexity index is 566. The lowest BCUT2D eigenvalue weighted by atomic mass is 9.80. The Morgan fingerprint density at radius 3 is 2.71 bits per heavy atom. The molecule has 2 rings (SSSR count). The van der Waals surface area contributed by atoms with Gasteiger partial charge >= 0.3 is 6.18 Å². The van der Waals surface area contributed by atoms with E-state index in [2.05, 4.69) is 21.2 Å². The van der Waals surface area contributed by atoms with Crippen molar-refractivity contribution >= 4 is 33.1 Å². The van der Waals surface area contributed by atoms with Gasteiger partial charge in [0.05, 0.1) is 6.61 Å². The van der Waals surface area contributed by atoms with Crippen molar-refractivity contribution in [1.29, 1.82) is 0 Å². The Balaban J connectivity index is 2.63. The third kappa shape index (κ3) is 3.07. The SMILES string of the molecule is CCC1(c2cc(Br)ccc2F)NC(=S)COC1C(F)(F)F. The molecule has 2 unspecified atom stereocenters. The minimum atomic E-state index is -4.65. The fraction of sp³-hybridized carbons (Fsp3) is 0.462. The zero-order chi connectivity index (χ0) is 15.8. The Hall–Kier alpha value is -0.730. The van der Waals surface area contributed by atoms with Gasteiger partial charge in [-0.1, -0.05) is 35.1 Å². The number of halogens is 5. The van der Waals surface area contributed by atoms with Crippen LogP contribution in [0.25, 0.3) is 0 Å². The van der Waals surface area contributed by atoms with Gasteiger partial charge < -0.3 is 10.1 Å². The highest BCUT2D eigenvalue weighted by molar-refractivity contribution is 9.10. The van der Waals surface area contributed by atoms with Crippen molar-refractivity contribution in [2.75, 3.05) is 6.61 Å². The molecule has 0 aromatic heterocycles. The van der Waals surface area contributed by atoms with Crippen LogP contribution in [0.15, 0.2) is 22.7 Å². The molecule has 2 nitrogen and oxygen atoms in total. The molecule has 1 fully saturated rings. The fourth-order valence-electron chi connectivity index (χ4n) is 2.54. The van der Waals surface area contributed by atoms with Crippen LogP contribution >= 0.6 is 28.1 Å². The second-order valence-corrected chi connectivity index (χ2v) is 6.14. The molecule has 0 aliphatic carbocycles. The van der Waals surface area contributed by atoms with Gasteiger partial charge in [-0.05, 0) is 24.6 Å². The summed E-state index contributed by atoms with van der Waals surface area (Å²) in [6, 6.07) is 3.86. The summed E-state index contributed by atoms with van der Waals surface area (Å²) in [5.41, 5.74) is -1.90. The molecule has 1 aromatic rings. The van der Waals surface area contributed by atoms with Gasteiger partial charge in [-0.15, -0.1) is 0 Å². The van der Waals surface area contributed by atoms with Crippen LogP contribution in [0.2, 0.25) is 0 Å². The Kier molecular flexibility index (Phi) is 4.60. The average Bonchev–Trinajstić information content (AvgIpc) is 2.39. The summed E-state index contributed by atoms with van der Waals surface area (Å²) in [6.07, 6.45) is -6.86. The molecule has 1 aliphatic heterocycles. The summed E-state index contributed by atoms with van der Waals surface area (Å²) in [6.45, 7) is 1.19. The quantitative estimate of drug-likeness (QED) is 0.612. The highest BCUT2D eigenvalue weighted by Crippen LogP contribution is 2.43. The summed E-state index contributed by atoms with van der Waals surface area (Å²) in [5, 5.41) is 2.65. The van der Waals surface area contributed by atoms with Gasteiger partial charge in [0.2, 0.25) is 0 Å². The highest BCUT2D eigenvalue weighted by atomic mass is 79.9. The predicted octanol–water partition coefficient (Wildman–Crippen LogP) is 4.07. The first-order valence-electron chi connectivity index (χ1n) is 6.15. The first-order chi connectivity index (χ1) is 9.70. The van der Waals surface area contributed by atoms with Crippen molar-refractivity contribution < 1.29 is 22.3 Å². The first kappa shape index (κ1) is 16.6. The summed E-state index contributed by atoms with van der Waals surface area (Å²) in [4.78, 5) is 0.122. The van der Waals surface area contributed by atoms with E-state index in [4.69, 9.17) is 17.0 Å². The molecule has 21 heavy (non-hydrogen) atoms. The monoisotopic (exact) mass is 385 g/mol. The fourth-order valence-corrected chi connectivity index (χ4v) is 3.15. The maximum Gasteiger partial charge on any atom is 0.417 e. The van der Waals surface area contributed by atoms with Gasteiger partial charge in [-0.25, -0.2) is 4.39 Å². The second kappa shape index (κ2) is 5.81. The molecule has 0 bridgehead atoms. The van der Waals surface area contributed by atoms with Crippen LogP contribution in [0.4, 0.5) is 17.6 Å². The molecule has 8 heteroatoms. The maximum atomic E-state index is 14.1. The van der Waals surface area contributed by atoms with E-state index >= 15 is 0 Å². The summed E-state index contributed by atoms with van der Waals surface area (Å²) in [5.74, 6) is -0.741. The third-order valence-electron chi connectivity index (χ3n) is 3.46. The van der Waals surface area contributed by atoms with Crippen LogP contribution in [0.5, 0.6) is 0 Å². The lowest BCUT2D eigenvalue weighted by Gasteiger charge is -2.45. The van der Waals surface area contributed by atoms with E-state index in [1.165, 1.54) is 19.1 Å². The van der Waals surface area contributed by atoms with Crippen LogP contribution < -0.4 is 5.32 Å². The van der Waals surface area contributed by atoms with Crippen LogP contribution in [0.1, 0.15) is 18.9 Å². The third-order valence-corrected chi connectivity index (χ3v) is 4.17. The van der Waals surface area contributed by atoms with Crippen molar-refractivity contribution in [3.63, 3.8) is 0 Å². The molecule has 1 aliphatic rings. The molecule has 116 valence electrons. The molecule has 2 atom stereocenters. The average molecular weight is 386 g/mol. The molecule has 1 saturated heterocycles. The lowest BCUT2D eigenvalue weighted by Crippen LogP contribution is -2.64. The smallest absolute Gasteiger partial charge is 0.365 e. The van der Waals surface area contributed by atoms with E-state index in [-0.39, 0.29) is 23.6 Å². The Morgan fingerprint density at radius 1 is 1.48 bits per heavy atom. The molecule has 0 saturated carbocycles.